The zero-order chi connectivity index (χ0) is 33.9. The fraction of sp³-hybridized carbons (Fsp3) is 0.0833. The van der Waals surface area contributed by atoms with Crippen LogP contribution in [0.1, 0.15) is 42.5 Å². The number of benzene rings is 6. The van der Waals surface area contributed by atoms with Gasteiger partial charge in [-0.05, 0) is 107 Å². The third kappa shape index (κ3) is 6.01. The molecule has 8 rings (SSSR count). The molecule has 0 radical (unpaired) electrons. The SMILES string of the molecule is CC1(C)c2cc(C=Cc3ccc(N(c4ccccc4)c4ccccc4)cc3)ccc2-c2ccc(N(C3=CCC=CC=C3)c3ccccc3)cc21. The monoisotopic (exact) mass is 644 g/mol. The first kappa shape index (κ1) is 31.2. The standard InChI is InChI=1S/C48H40N2/c1-48(2)46-34-37(25-24-36-26-29-42(30-27-36)49(38-18-10-5-11-19-38)39-20-12-6-13-21-39)28-32-44(46)45-33-31-43(35-47(45)48)50(41-22-14-7-15-23-41)40-16-8-3-4-9-17-40/h3-8,10-35H,9H2,1-2H3. The van der Waals surface area contributed by atoms with E-state index in [0.29, 0.717) is 0 Å². The van der Waals surface area contributed by atoms with Crippen molar-refractivity contribution in [1.29, 1.82) is 0 Å². The number of nitrogens with zero attached hydrogens (tertiary/aromatic N) is 2. The Kier molecular flexibility index (Phi) is 8.36. The predicted molar refractivity (Wildman–Crippen MR) is 214 cm³/mol. The molecular formula is C48H40N2. The molecule has 0 heterocycles. The molecule has 6 aromatic rings. The van der Waals surface area contributed by atoms with Crippen molar-refractivity contribution in [2.24, 2.45) is 0 Å². The number of hydrogen-bond acceptors (Lipinski definition) is 2. The van der Waals surface area contributed by atoms with Crippen LogP contribution in [0, 0.1) is 0 Å². The van der Waals surface area contributed by atoms with E-state index in [1.807, 2.05) is 0 Å². The lowest BCUT2D eigenvalue weighted by Gasteiger charge is -2.28. The van der Waals surface area contributed by atoms with Crippen LogP contribution in [0.25, 0.3) is 23.3 Å². The third-order valence-corrected chi connectivity index (χ3v) is 9.84. The van der Waals surface area contributed by atoms with Gasteiger partial charge in [0.25, 0.3) is 0 Å². The van der Waals surface area contributed by atoms with Crippen molar-refractivity contribution in [2.75, 3.05) is 9.80 Å². The second kappa shape index (κ2) is 13.4. The second-order valence-corrected chi connectivity index (χ2v) is 13.4. The summed E-state index contributed by atoms with van der Waals surface area (Å²) in [6, 6.07) is 54.5. The number of anilines is 5. The predicted octanol–water partition coefficient (Wildman–Crippen LogP) is 13.2. The molecule has 242 valence electrons. The van der Waals surface area contributed by atoms with E-state index in [4.69, 9.17) is 0 Å². The molecule has 2 aliphatic rings. The summed E-state index contributed by atoms with van der Waals surface area (Å²) in [5.41, 5.74) is 14.5. The minimum Gasteiger partial charge on any atom is -0.311 e. The van der Waals surface area contributed by atoms with Crippen LogP contribution >= 0.6 is 0 Å². The van der Waals surface area contributed by atoms with E-state index in [1.54, 1.807) is 0 Å². The van der Waals surface area contributed by atoms with Crippen LogP contribution in [-0.2, 0) is 5.41 Å². The van der Waals surface area contributed by atoms with Crippen molar-refractivity contribution in [3.8, 4) is 11.1 Å². The van der Waals surface area contributed by atoms with Gasteiger partial charge in [-0.2, -0.15) is 0 Å². The summed E-state index contributed by atoms with van der Waals surface area (Å²) in [6.07, 6.45) is 16.3. The van der Waals surface area contributed by atoms with Gasteiger partial charge in [-0.3, -0.25) is 0 Å². The largest absolute Gasteiger partial charge is 0.311 e. The number of para-hydroxylation sites is 3. The molecule has 0 saturated carbocycles. The summed E-state index contributed by atoms with van der Waals surface area (Å²) in [5.74, 6) is 0. The lowest BCUT2D eigenvalue weighted by molar-refractivity contribution is 0.660. The van der Waals surface area contributed by atoms with Crippen LogP contribution < -0.4 is 9.80 Å². The average molecular weight is 645 g/mol. The summed E-state index contributed by atoms with van der Waals surface area (Å²) in [6.45, 7) is 4.72. The maximum absolute atomic E-state index is 2.40. The summed E-state index contributed by atoms with van der Waals surface area (Å²) in [5, 5.41) is 0. The van der Waals surface area contributed by atoms with Gasteiger partial charge in [0.2, 0.25) is 0 Å². The van der Waals surface area contributed by atoms with Crippen molar-refractivity contribution < 1.29 is 0 Å². The zero-order valence-electron chi connectivity index (χ0n) is 28.6. The Morgan fingerprint density at radius 3 is 1.62 bits per heavy atom. The van der Waals surface area contributed by atoms with Crippen LogP contribution in [-0.4, -0.2) is 0 Å². The Morgan fingerprint density at radius 1 is 0.480 bits per heavy atom. The van der Waals surface area contributed by atoms with Gasteiger partial charge in [0.05, 0.1) is 0 Å². The fourth-order valence-electron chi connectivity index (χ4n) is 7.27. The minimum absolute atomic E-state index is 0.137. The van der Waals surface area contributed by atoms with E-state index in [0.717, 1.165) is 29.2 Å². The first-order chi connectivity index (χ1) is 24.6. The van der Waals surface area contributed by atoms with Crippen molar-refractivity contribution in [1.82, 2.24) is 0 Å². The number of fused-ring (bicyclic) bond motifs is 3. The molecule has 0 spiro atoms. The van der Waals surface area contributed by atoms with E-state index in [2.05, 4.69) is 218 Å². The van der Waals surface area contributed by atoms with Crippen LogP contribution in [0.5, 0.6) is 0 Å². The highest BCUT2D eigenvalue weighted by molar-refractivity contribution is 5.86. The molecule has 0 aliphatic heterocycles. The number of rotatable bonds is 8. The first-order valence-corrected chi connectivity index (χ1v) is 17.4. The molecule has 0 N–H and O–H groups in total. The summed E-state index contributed by atoms with van der Waals surface area (Å²) in [7, 11) is 0. The van der Waals surface area contributed by atoms with Gasteiger partial charge in [0, 0.05) is 39.5 Å². The van der Waals surface area contributed by atoms with Gasteiger partial charge < -0.3 is 9.80 Å². The Hall–Kier alpha value is -6.12. The smallest absolute Gasteiger partial charge is 0.0464 e. The van der Waals surface area contributed by atoms with Crippen molar-refractivity contribution in [3.63, 3.8) is 0 Å². The van der Waals surface area contributed by atoms with Crippen LogP contribution in [0.4, 0.5) is 28.4 Å². The van der Waals surface area contributed by atoms with Crippen LogP contribution in [0.3, 0.4) is 0 Å². The van der Waals surface area contributed by atoms with E-state index < -0.39 is 0 Å². The van der Waals surface area contributed by atoms with Gasteiger partial charge in [0.1, 0.15) is 0 Å². The molecule has 0 aromatic heterocycles. The van der Waals surface area contributed by atoms with Crippen molar-refractivity contribution >= 4 is 40.6 Å². The molecule has 0 fully saturated rings. The summed E-state index contributed by atoms with van der Waals surface area (Å²) in [4.78, 5) is 4.67. The average Bonchev–Trinajstić information content (AvgIpc) is 3.31. The molecule has 0 atom stereocenters. The highest BCUT2D eigenvalue weighted by atomic mass is 15.1. The molecule has 50 heavy (non-hydrogen) atoms. The zero-order valence-corrected chi connectivity index (χ0v) is 28.6. The number of hydrogen-bond donors (Lipinski definition) is 0. The Labute approximate surface area is 296 Å². The second-order valence-electron chi connectivity index (χ2n) is 13.4. The maximum atomic E-state index is 2.40. The first-order valence-electron chi connectivity index (χ1n) is 17.4. The fourth-order valence-corrected chi connectivity index (χ4v) is 7.27. The molecule has 2 aliphatic carbocycles. The van der Waals surface area contributed by atoms with Gasteiger partial charge in [-0.25, -0.2) is 0 Å². The third-order valence-electron chi connectivity index (χ3n) is 9.84. The summed E-state index contributed by atoms with van der Waals surface area (Å²) >= 11 is 0. The Morgan fingerprint density at radius 2 is 0.980 bits per heavy atom. The number of allylic oxidation sites excluding steroid dienone is 5. The van der Waals surface area contributed by atoms with Crippen LogP contribution in [0.15, 0.2) is 188 Å². The van der Waals surface area contributed by atoms with E-state index >= 15 is 0 Å². The highest BCUT2D eigenvalue weighted by Crippen LogP contribution is 2.50. The molecule has 0 saturated heterocycles. The quantitative estimate of drug-likeness (QED) is 0.152. The topological polar surface area (TPSA) is 6.48 Å². The summed E-state index contributed by atoms with van der Waals surface area (Å²) < 4.78 is 0. The molecule has 0 bridgehead atoms. The molecule has 2 nitrogen and oxygen atoms in total. The Bertz CT molecular complexity index is 2200. The Balaban J connectivity index is 1.07. The maximum Gasteiger partial charge on any atom is 0.0464 e. The molecule has 0 unspecified atom stereocenters. The molecular weight excluding hydrogens is 605 g/mol. The van der Waals surface area contributed by atoms with Gasteiger partial charge in [0.15, 0.2) is 0 Å². The van der Waals surface area contributed by atoms with Gasteiger partial charge in [-0.15, -0.1) is 0 Å². The van der Waals surface area contributed by atoms with Crippen LogP contribution in [0.2, 0.25) is 0 Å². The minimum atomic E-state index is -0.137. The van der Waals surface area contributed by atoms with E-state index in [1.165, 1.54) is 44.8 Å². The van der Waals surface area contributed by atoms with Gasteiger partial charge in [-0.1, -0.05) is 141 Å². The molecule has 2 heteroatoms. The lowest BCUT2D eigenvalue weighted by atomic mass is 9.81. The highest BCUT2D eigenvalue weighted by Gasteiger charge is 2.36. The molecule has 0 amide bonds. The van der Waals surface area contributed by atoms with E-state index in [-0.39, 0.29) is 5.41 Å². The normalized spacial score (nSPS) is 14.2. The molecule has 6 aromatic carbocycles. The van der Waals surface area contributed by atoms with Crippen molar-refractivity contribution in [3.05, 3.63) is 210 Å². The van der Waals surface area contributed by atoms with Crippen molar-refractivity contribution in [2.45, 2.75) is 25.7 Å². The van der Waals surface area contributed by atoms with Gasteiger partial charge >= 0.3 is 0 Å². The van der Waals surface area contributed by atoms with E-state index in [9.17, 15) is 0 Å². The lowest BCUT2D eigenvalue weighted by Crippen LogP contribution is -2.18.